The molecule has 0 unspecified atom stereocenters. The van der Waals surface area contributed by atoms with E-state index in [-0.39, 0.29) is 18.3 Å². The van der Waals surface area contributed by atoms with Crippen LogP contribution in [0.25, 0.3) is 0 Å². The molecule has 10 heteroatoms. The van der Waals surface area contributed by atoms with E-state index in [9.17, 15) is 9.18 Å². The Balaban J connectivity index is 1.45. The number of hydrogen-bond donors (Lipinski definition) is 2. The number of hydrogen-bond acceptors (Lipinski definition) is 6. The molecule has 1 amide bonds. The standard InChI is InChI=1S/C19H19ClFN7O/c1-11-19-16(27(2)10-18(29)24-19)6-17(23-11)22-7-14-9-28(26-25-14)8-12-5-13(20)3-4-15(12)21/h3-6,9H,7-8,10H2,1-2H3,(H,22,23)(H,24,29). The average molecular weight is 416 g/mol. The first-order chi connectivity index (χ1) is 13.9. The van der Waals surface area contributed by atoms with Crippen molar-refractivity contribution in [3.05, 3.63) is 58.3 Å². The first-order valence-electron chi connectivity index (χ1n) is 8.98. The minimum atomic E-state index is -0.338. The lowest BCUT2D eigenvalue weighted by Crippen LogP contribution is -2.36. The molecule has 0 spiro atoms. The van der Waals surface area contributed by atoms with Gasteiger partial charge in [0.2, 0.25) is 5.91 Å². The number of amides is 1. The van der Waals surface area contributed by atoms with Crippen molar-refractivity contribution in [3.63, 3.8) is 0 Å². The van der Waals surface area contributed by atoms with E-state index in [2.05, 4.69) is 25.9 Å². The monoisotopic (exact) mass is 415 g/mol. The van der Waals surface area contributed by atoms with Gasteiger partial charge in [-0.1, -0.05) is 16.8 Å². The fourth-order valence-electron chi connectivity index (χ4n) is 3.20. The zero-order valence-electron chi connectivity index (χ0n) is 15.9. The van der Waals surface area contributed by atoms with Crippen LogP contribution in [0.1, 0.15) is 17.0 Å². The lowest BCUT2D eigenvalue weighted by Gasteiger charge is -2.28. The Kier molecular flexibility index (Phi) is 5.06. The maximum atomic E-state index is 13.9. The quantitative estimate of drug-likeness (QED) is 0.666. The highest BCUT2D eigenvalue weighted by molar-refractivity contribution is 6.30. The number of aromatic nitrogens is 4. The van der Waals surface area contributed by atoms with Crippen LogP contribution in [0, 0.1) is 12.7 Å². The van der Waals surface area contributed by atoms with E-state index >= 15 is 0 Å². The topological polar surface area (TPSA) is 88.0 Å². The smallest absolute Gasteiger partial charge is 0.243 e. The molecule has 0 bridgehead atoms. The van der Waals surface area contributed by atoms with E-state index < -0.39 is 0 Å². The van der Waals surface area contributed by atoms with Gasteiger partial charge in [-0.2, -0.15) is 0 Å². The second-order valence-electron chi connectivity index (χ2n) is 6.89. The number of fused-ring (bicyclic) bond motifs is 1. The average Bonchev–Trinajstić information content (AvgIpc) is 3.11. The maximum Gasteiger partial charge on any atom is 0.243 e. The molecule has 150 valence electrons. The van der Waals surface area contributed by atoms with E-state index in [0.29, 0.717) is 35.2 Å². The molecule has 0 radical (unpaired) electrons. The van der Waals surface area contributed by atoms with Gasteiger partial charge in [-0.25, -0.2) is 14.1 Å². The first kappa shape index (κ1) is 19.1. The largest absolute Gasteiger partial charge is 0.364 e. The molecule has 0 atom stereocenters. The summed E-state index contributed by atoms with van der Waals surface area (Å²) in [5.74, 6) is 0.271. The van der Waals surface area contributed by atoms with Crippen molar-refractivity contribution in [3.8, 4) is 0 Å². The number of rotatable bonds is 5. The summed E-state index contributed by atoms with van der Waals surface area (Å²) in [6.07, 6.45) is 1.74. The molecule has 8 nitrogen and oxygen atoms in total. The van der Waals surface area contributed by atoms with Crippen molar-refractivity contribution in [1.29, 1.82) is 0 Å². The minimum absolute atomic E-state index is 0.0571. The van der Waals surface area contributed by atoms with Gasteiger partial charge in [0.15, 0.2) is 0 Å². The van der Waals surface area contributed by atoms with E-state index in [1.807, 2.05) is 24.9 Å². The molecule has 2 N–H and O–H groups in total. The third kappa shape index (κ3) is 4.14. The number of likely N-dealkylation sites (N-methyl/N-ethyl adjacent to an activating group) is 1. The number of nitrogens with one attached hydrogen (secondary N) is 2. The van der Waals surface area contributed by atoms with Gasteiger partial charge in [0.25, 0.3) is 0 Å². The molecule has 3 heterocycles. The normalized spacial score (nSPS) is 13.2. The zero-order chi connectivity index (χ0) is 20.5. The van der Waals surface area contributed by atoms with Crippen LogP contribution in [-0.4, -0.2) is 39.5 Å². The summed E-state index contributed by atoms with van der Waals surface area (Å²) in [6.45, 7) is 2.78. The third-order valence-corrected chi connectivity index (χ3v) is 4.85. The summed E-state index contributed by atoms with van der Waals surface area (Å²) >= 11 is 5.93. The molecule has 4 rings (SSSR count). The van der Waals surface area contributed by atoms with Crippen LogP contribution >= 0.6 is 11.6 Å². The van der Waals surface area contributed by atoms with Gasteiger partial charge in [-0.3, -0.25) is 4.79 Å². The number of anilines is 3. The SMILES string of the molecule is Cc1nc(NCc2cn(Cc3cc(Cl)ccc3F)nn2)cc2c1NC(=O)CN2C. The molecule has 2 aromatic heterocycles. The summed E-state index contributed by atoms with van der Waals surface area (Å²) in [5, 5.41) is 14.7. The molecular formula is C19H19ClFN7O. The lowest BCUT2D eigenvalue weighted by atomic mass is 10.2. The highest BCUT2D eigenvalue weighted by Crippen LogP contribution is 2.32. The van der Waals surface area contributed by atoms with Gasteiger partial charge in [0, 0.05) is 23.7 Å². The lowest BCUT2D eigenvalue weighted by molar-refractivity contribution is -0.115. The van der Waals surface area contributed by atoms with Crippen LogP contribution in [0.5, 0.6) is 0 Å². The van der Waals surface area contributed by atoms with Crippen molar-refractivity contribution < 1.29 is 9.18 Å². The van der Waals surface area contributed by atoms with Crippen molar-refractivity contribution in [1.82, 2.24) is 20.0 Å². The molecule has 1 aromatic carbocycles. The highest BCUT2D eigenvalue weighted by atomic mass is 35.5. The summed E-state index contributed by atoms with van der Waals surface area (Å²) in [7, 11) is 1.86. The van der Waals surface area contributed by atoms with Crippen LogP contribution in [0.3, 0.4) is 0 Å². The third-order valence-electron chi connectivity index (χ3n) is 4.61. The molecule has 0 aliphatic carbocycles. The summed E-state index contributed by atoms with van der Waals surface area (Å²) in [4.78, 5) is 18.1. The van der Waals surface area contributed by atoms with Gasteiger partial charge >= 0.3 is 0 Å². The zero-order valence-corrected chi connectivity index (χ0v) is 16.7. The number of carbonyl (C=O) groups excluding carboxylic acids is 1. The van der Waals surface area contributed by atoms with E-state index in [4.69, 9.17) is 11.6 Å². The fourth-order valence-corrected chi connectivity index (χ4v) is 3.39. The second kappa shape index (κ2) is 7.67. The Labute approximate surface area is 171 Å². The molecule has 29 heavy (non-hydrogen) atoms. The Morgan fingerprint density at radius 1 is 1.34 bits per heavy atom. The van der Waals surface area contributed by atoms with Crippen LogP contribution in [0.4, 0.5) is 21.6 Å². The van der Waals surface area contributed by atoms with Crippen molar-refractivity contribution in [2.24, 2.45) is 0 Å². The number of halogens is 2. The molecule has 1 aliphatic heterocycles. The highest BCUT2D eigenvalue weighted by Gasteiger charge is 2.22. The summed E-state index contributed by atoms with van der Waals surface area (Å²) in [6, 6.07) is 6.30. The van der Waals surface area contributed by atoms with Crippen LogP contribution in [-0.2, 0) is 17.9 Å². The molecule has 0 saturated carbocycles. The van der Waals surface area contributed by atoms with Gasteiger partial charge in [-0.15, -0.1) is 5.10 Å². The number of aryl methyl sites for hydroxylation is 1. The van der Waals surface area contributed by atoms with Crippen molar-refractivity contribution in [2.75, 3.05) is 29.1 Å². The van der Waals surface area contributed by atoms with E-state index in [0.717, 1.165) is 17.1 Å². The first-order valence-corrected chi connectivity index (χ1v) is 9.36. The molecule has 0 saturated heterocycles. The molecular weight excluding hydrogens is 397 g/mol. The number of benzene rings is 1. The van der Waals surface area contributed by atoms with E-state index in [1.165, 1.54) is 12.1 Å². The fraction of sp³-hybridized carbons (Fsp3) is 0.263. The Morgan fingerprint density at radius 2 is 2.17 bits per heavy atom. The summed E-state index contributed by atoms with van der Waals surface area (Å²) < 4.78 is 15.4. The Bertz CT molecular complexity index is 1080. The van der Waals surface area contributed by atoms with Gasteiger partial charge in [0.05, 0.1) is 42.9 Å². The Morgan fingerprint density at radius 3 is 3.00 bits per heavy atom. The van der Waals surface area contributed by atoms with E-state index in [1.54, 1.807) is 16.9 Å². The number of nitrogens with zero attached hydrogens (tertiary/aromatic N) is 5. The molecule has 0 fully saturated rings. The van der Waals surface area contributed by atoms with Gasteiger partial charge in [0.1, 0.15) is 17.3 Å². The second-order valence-corrected chi connectivity index (χ2v) is 7.32. The van der Waals surface area contributed by atoms with Crippen molar-refractivity contribution in [2.45, 2.75) is 20.0 Å². The van der Waals surface area contributed by atoms with Crippen LogP contribution < -0.4 is 15.5 Å². The summed E-state index contributed by atoms with van der Waals surface area (Å²) in [5.41, 5.74) is 3.48. The van der Waals surface area contributed by atoms with Crippen LogP contribution in [0.15, 0.2) is 30.5 Å². The van der Waals surface area contributed by atoms with Crippen molar-refractivity contribution >= 4 is 34.7 Å². The number of carbonyl (C=O) groups is 1. The van der Waals surface area contributed by atoms with Gasteiger partial charge < -0.3 is 15.5 Å². The maximum absolute atomic E-state index is 13.9. The molecule has 1 aliphatic rings. The Hall–Kier alpha value is -3.20. The molecule has 3 aromatic rings. The van der Waals surface area contributed by atoms with Crippen LogP contribution in [0.2, 0.25) is 5.02 Å². The minimum Gasteiger partial charge on any atom is -0.364 e. The predicted molar refractivity (Wildman–Crippen MR) is 109 cm³/mol. The predicted octanol–water partition coefficient (Wildman–Crippen LogP) is 2.82. The number of pyridine rings is 1. The van der Waals surface area contributed by atoms with Gasteiger partial charge in [-0.05, 0) is 25.1 Å².